The summed E-state index contributed by atoms with van der Waals surface area (Å²) in [5.41, 5.74) is 7.32. The molecule has 6 rings (SSSR count). The summed E-state index contributed by atoms with van der Waals surface area (Å²) >= 11 is 0. The smallest absolute Gasteiger partial charge is 0.220 e. The Kier molecular flexibility index (Phi) is 4.77. The van der Waals surface area contributed by atoms with Crippen molar-refractivity contribution in [3.63, 3.8) is 0 Å². The van der Waals surface area contributed by atoms with Gasteiger partial charge in [-0.15, -0.1) is 0 Å². The van der Waals surface area contributed by atoms with Crippen LogP contribution in [0.2, 0.25) is 0 Å². The van der Waals surface area contributed by atoms with Crippen LogP contribution in [0.5, 0.6) is 11.5 Å². The van der Waals surface area contributed by atoms with Gasteiger partial charge in [0.1, 0.15) is 29.9 Å². The van der Waals surface area contributed by atoms with Crippen LogP contribution in [-0.2, 0) is 10.3 Å². The lowest BCUT2D eigenvalue weighted by Gasteiger charge is -2.40. The van der Waals surface area contributed by atoms with Gasteiger partial charge in [-0.1, -0.05) is 6.07 Å². The molecular weight excluding hydrogens is 445 g/mol. The van der Waals surface area contributed by atoms with E-state index < -0.39 is 23.5 Å². The Morgan fingerprint density at radius 1 is 1.12 bits per heavy atom. The molecular formula is C25H21F3N4O2. The lowest BCUT2D eigenvalue weighted by atomic mass is 9.79. The second kappa shape index (κ2) is 7.73. The Morgan fingerprint density at radius 2 is 2.00 bits per heavy atom. The maximum absolute atomic E-state index is 15.4. The second-order valence-electron chi connectivity index (χ2n) is 8.75. The minimum Gasteiger partial charge on any atom is -0.453 e. The van der Waals surface area contributed by atoms with E-state index in [0.717, 1.165) is 0 Å². The van der Waals surface area contributed by atoms with Gasteiger partial charge in [-0.2, -0.15) is 4.39 Å². The largest absolute Gasteiger partial charge is 0.453 e. The van der Waals surface area contributed by atoms with Crippen molar-refractivity contribution in [2.45, 2.75) is 18.1 Å². The highest BCUT2D eigenvalue weighted by atomic mass is 19.1. The first kappa shape index (κ1) is 21.0. The van der Waals surface area contributed by atoms with Gasteiger partial charge in [0.05, 0.1) is 6.61 Å². The predicted octanol–water partition coefficient (Wildman–Crippen LogP) is 4.31. The van der Waals surface area contributed by atoms with Gasteiger partial charge >= 0.3 is 0 Å². The average Bonchev–Trinajstić information content (AvgIpc) is 3.26. The zero-order valence-corrected chi connectivity index (χ0v) is 18.1. The Labute approximate surface area is 193 Å². The molecule has 2 aromatic carbocycles. The maximum Gasteiger partial charge on any atom is 0.220 e. The molecule has 34 heavy (non-hydrogen) atoms. The molecule has 4 heterocycles. The van der Waals surface area contributed by atoms with Crippen LogP contribution in [0.25, 0.3) is 11.1 Å². The average molecular weight is 466 g/mol. The van der Waals surface area contributed by atoms with Crippen LogP contribution in [0, 0.1) is 11.8 Å². The number of anilines is 1. The summed E-state index contributed by atoms with van der Waals surface area (Å²) in [5, 5.41) is 0. The topological polar surface area (TPSA) is 73.0 Å². The number of benzene rings is 2. The number of hydrogen-bond acceptors (Lipinski definition) is 6. The Balaban J connectivity index is 1.57. The first-order valence-electron chi connectivity index (χ1n) is 11.0. The minimum absolute atomic E-state index is 0.0228. The molecule has 2 atom stereocenters. The normalized spacial score (nSPS) is 23.3. The standard InChI is InChI=1S/C25H21F3N4O2/c26-15-5-7-32(11-15)16-9-19-23(20(27)10-16)34-21-4-3-14(17-2-1-6-30-24(17)28)8-18(21)25(19)13-33-12-22(29)31-25/h1-4,6,8-10,15H,5,7,11-13H2,(H2,29,31)/t15-,25+/m1/s1. The van der Waals surface area contributed by atoms with Gasteiger partial charge in [-0.25, -0.2) is 13.8 Å². The van der Waals surface area contributed by atoms with Crippen molar-refractivity contribution in [3.05, 3.63) is 71.6 Å². The Morgan fingerprint density at radius 3 is 2.76 bits per heavy atom. The van der Waals surface area contributed by atoms with E-state index in [1.807, 2.05) is 0 Å². The first-order chi connectivity index (χ1) is 16.4. The molecule has 9 heteroatoms. The van der Waals surface area contributed by atoms with Gasteiger partial charge in [0, 0.05) is 47.7 Å². The molecule has 3 aliphatic rings. The number of alkyl halides is 1. The fraction of sp³-hybridized carbons (Fsp3) is 0.280. The van der Waals surface area contributed by atoms with Crippen molar-refractivity contribution in [2.24, 2.45) is 10.7 Å². The fourth-order valence-corrected chi connectivity index (χ4v) is 4.98. The van der Waals surface area contributed by atoms with E-state index in [4.69, 9.17) is 20.2 Å². The minimum atomic E-state index is -1.20. The van der Waals surface area contributed by atoms with E-state index in [1.54, 1.807) is 41.3 Å². The molecule has 0 saturated carbocycles. The number of amidine groups is 1. The maximum atomic E-state index is 15.4. The van der Waals surface area contributed by atoms with E-state index in [2.05, 4.69) is 4.98 Å². The number of rotatable bonds is 2. The lowest BCUT2D eigenvalue weighted by Crippen LogP contribution is -2.42. The van der Waals surface area contributed by atoms with E-state index in [0.29, 0.717) is 46.7 Å². The third-order valence-corrected chi connectivity index (χ3v) is 6.57. The molecule has 1 saturated heterocycles. The summed E-state index contributed by atoms with van der Waals surface area (Å²) in [7, 11) is 0. The number of ether oxygens (including phenoxy) is 2. The predicted molar refractivity (Wildman–Crippen MR) is 121 cm³/mol. The molecule has 1 aromatic heterocycles. The summed E-state index contributed by atoms with van der Waals surface area (Å²) < 4.78 is 55.5. The molecule has 0 bridgehead atoms. The number of hydrogen-bond donors (Lipinski definition) is 1. The number of aromatic nitrogens is 1. The SMILES string of the molecule is NC1=N[C@@]2(COC1)c1cc(-c3cccnc3F)ccc1Oc1c(F)cc(N3CC[C@@H](F)C3)cc12. The van der Waals surface area contributed by atoms with E-state index in [9.17, 15) is 8.78 Å². The molecule has 3 aromatic rings. The van der Waals surface area contributed by atoms with Gasteiger partial charge in [0.25, 0.3) is 0 Å². The fourth-order valence-electron chi connectivity index (χ4n) is 4.98. The van der Waals surface area contributed by atoms with Gasteiger partial charge in [-0.3, -0.25) is 4.99 Å². The highest BCUT2D eigenvalue weighted by Crippen LogP contribution is 2.53. The second-order valence-corrected chi connectivity index (χ2v) is 8.75. The number of halogens is 3. The quantitative estimate of drug-likeness (QED) is 0.570. The molecule has 1 fully saturated rings. The number of fused-ring (bicyclic) bond motifs is 4. The molecule has 0 radical (unpaired) electrons. The highest BCUT2D eigenvalue weighted by molar-refractivity contribution is 5.84. The van der Waals surface area contributed by atoms with Gasteiger partial charge < -0.3 is 20.1 Å². The summed E-state index contributed by atoms with van der Waals surface area (Å²) in [6.07, 6.45) is 0.800. The van der Waals surface area contributed by atoms with Gasteiger partial charge in [0.15, 0.2) is 11.6 Å². The number of pyridine rings is 1. The monoisotopic (exact) mass is 466 g/mol. The van der Waals surface area contributed by atoms with Crippen molar-refractivity contribution < 1.29 is 22.6 Å². The molecule has 3 aliphatic heterocycles. The summed E-state index contributed by atoms with van der Waals surface area (Å²) in [6, 6.07) is 11.5. The van der Waals surface area contributed by atoms with Crippen molar-refractivity contribution in [3.8, 4) is 22.6 Å². The molecule has 6 nitrogen and oxygen atoms in total. The van der Waals surface area contributed by atoms with Crippen LogP contribution in [0.3, 0.4) is 0 Å². The van der Waals surface area contributed by atoms with E-state index in [1.165, 1.54) is 12.3 Å². The van der Waals surface area contributed by atoms with Crippen LogP contribution in [0.1, 0.15) is 17.5 Å². The van der Waals surface area contributed by atoms with Crippen LogP contribution in [0.15, 0.2) is 53.7 Å². The third kappa shape index (κ3) is 3.22. The number of nitrogens with zero attached hydrogens (tertiary/aromatic N) is 3. The molecule has 0 unspecified atom stereocenters. The van der Waals surface area contributed by atoms with Crippen molar-refractivity contribution in [2.75, 3.05) is 31.2 Å². The molecule has 2 N–H and O–H groups in total. The molecule has 0 aliphatic carbocycles. The Hall–Kier alpha value is -3.59. The van der Waals surface area contributed by atoms with Gasteiger partial charge in [0.2, 0.25) is 5.95 Å². The lowest BCUT2D eigenvalue weighted by molar-refractivity contribution is 0.109. The summed E-state index contributed by atoms with van der Waals surface area (Å²) in [4.78, 5) is 10.3. The van der Waals surface area contributed by atoms with Crippen molar-refractivity contribution >= 4 is 11.5 Å². The summed E-state index contributed by atoms with van der Waals surface area (Å²) in [6.45, 7) is 0.901. The third-order valence-electron chi connectivity index (χ3n) is 6.57. The Bertz CT molecular complexity index is 1330. The number of nitrogens with two attached hydrogens (primary N) is 1. The zero-order valence-electron chi connectivity index (χ0n) is 18.1. The van der Waals surface area contributed by atoms with E-state index >= 15 is 4.39 Å². The number of aliphatic imine (C=N–C) groups is 1. The van der Waals surface area contributed by atoms with Gasteiger partial charge in [-0.05, 0) is 42.3 Å². The highest BCUT2D eigenvalue weighted by Gasteiger charge is 2.46. The first-order valence-corrected chi connectivity index (χ1v) is 11.0. The van der Waals surface area contributed by atoms with Crippen molar-refractivity contribution in [1.29, 1.82) is 0 Å². The van der Waals surface area contributed by atoms with Crippen LogP contribution < -0.4 is 15.4 Å². The summed E-state index contributed by atoms with van der Waals surface area (Å²) in [5.74, 6) is -0.547. The molecule has 1 spiro atoms. The van der Waals surface area contributed by atoms with Crippen LogP contribution in [-0.4, -0.2) is 43.3 Å². The van der Waals surface area contributed by atoms with Crippen LogP contribution >= 0.6 is 0 Å². The molecule has 0 amide bonds. The molecule has 174 valence electrons. The van der Waals surface area contributed by atoms with E-state index in [-0.39, 0.29) is 31.3 Å². The zero-order chi connectivity index (χ0) is 23.4. The van der Waals surface area contributed by atoms with Crippen LogP contribution in [0.4, 0.5) is 18.9 Å². The van der Waals surface area contributed by atoms with Crippen molar-refractivity contribution in [1.82, 2.24) is 4.98 Å².